The number of ether oxygens (including phenoxy) is 1. The Balaban J connectivity index is 0.000000236. The number of para-hydroxylation sites is 2. The maximum absolute atomic E-state index is 15.0. The Morgan fingerprint density at radius 2 is 1.06 bits per heavy atom. The van der Waals surface area contributed by atoms with E-state index in [0.29, 0.717) is 56.6 Å². The summed E-state index contributed by atoms with van der Waals surface area (Å²) in [6.45, 7) is 14.1. The smallest absolute Gasteiger partial charge is 0.410 e. The summed E-state index contributed by atoms with van der Waals surface area (Å²) in [5.74, 6) is -4.50. The number of pyridine rings is 2. The standard InChI is InChI=1S/C32H36F2N6O4.C25H22F2N4O4S/c1-7-15-35-29(42)20-12-11-19(2)22(18-20)26-21-13-14-25(41)40(27-23(33)9-8-10-24(27)34)28(21)38-30(37-26)36-16-17-39(6)31(43)44-32(3,4)5;1-4-12-28-24(33)15-9-8-14(2)17(13-15)21-16-10-11-20(32)31(22-18(26)6-5-7-19(22)27)23(16)30-25(29-21)36(3,34)35/h8-14,18H,7,15-17H2,1-6H3,(H,35,42)(H,36,37,38);5-11,13H,4,12H2,1-3H3,(H,28,33). The number of amides is 3. The summed E-state index contributed by atoms with van der Waals surface area (Å²) in [7, 11) is -2.43. The number of sulfone groups is 1. The molecule has 0 spiro atoms. The molecule has 0 unspecified atom stereocenters. The second kappa shape index (κ2) is 24.4. The van der Waals surface area contributed by atoms with Gasteiger partial charge in [-0.1, -0.05) is 38.1 Å². The maximum Gasteiger partial charge on any atom is 0.410 e. The molecule has 0 aliphatic heterocycles. The highest BCUT2D eigenvalue weighted by Gasteiger charge is 2.26. The van der Waals surface area contributed by atoms with Crippen LogP contribution in [0.3, 0.4) is 0 Å². The molecule has 0 aliphatic rings. The molecule has 418 valence electrons. The van der Waals surface area contributed by atoms with Crippen molar-refractivity contribution in [3.8, 4) is 33.9 Å². The van der Waals surface area contributed by atoms with Crippen molar-refractivity contribution in [2.75, 3.05) is 44.8 Å². The van der Waals surface area contributed by atoms with Crippen LogP contribution in [0, 0.1) is 37.1 Å². The van der Waals surface area contributed by atoms with Gasteiger partial charge in [-0.05, 0) is 119 Å². The average molecular weight is 1120 g/mol. The van der Waals surface area contributed by atoms with Crippen LogP contribution in [-0.2, 0) is 14.6 Å². The molecule has 8 aromatic rings. The van der Waals surface area contributed by atoms with Crippen LogP contribution in [0.25, 0.3) is 56.0 Å². The van der Waals surface area contributed by atoms with Gasteiger partial charge in [-0.15, -0.1) is 0 Å². The Bertz CT molecular complexity index is 3920. The van der Waals surface area contributed by atoms with Crippen molar-refractivity contribution in [1.82, 2.24) is 44.6 Å². The minimum Gasteiger partial charge on any atom is -0.444 e. The molecule has 4 heterocycles. The minimum absolute atomic E-state index is 0.0430. The quantitative estimate of drug-likeness (QED) is 0.0644. The third-order valence-corrected chi connectivity index (χ3v) is 13.0. The lowest BCUT2D eigenvalue weighted by Crippen LogP contribution is -2.36. The Morgan fingerprint density at radius 3 is 1.49 bits per heavy atom. The molecule has 0 fully saturated rings. The van der Waals surface area contributed by atoms with Crippen molar-refractivity contribution in [1.29, 1.82) is 0 Å². The number of anilines is 1. The topological polar surface area (TPSA) is 229 Å². The molecule has 3 N–H and O–H groups in total. The highest BCUT2D eigenvalue weighted by atomic mass is 32.2. The Morgan fingerprint density at radius 1 is 0.625 bits per heavy atom. The lowest BCUT2D eigenvalue weighted by atomic mass is 9.99. The fourth-order valence-corrected chi connectivity index (χ4v) is 8.70. The van der Waals surface area contributed by atoms with Gasteiger partial charge in [0.1, 0.15) is 40.2 Å². The Hall–Kier alpha value is -8.86. The van der Waals surface area contributed by atoms with Crippen LogP contribution in [0.1, 0.15) is 79.3 Å². The van der Waals surface area contributed by atoms with Gasteiger partial charge in [0.15, 0.2) is 11.3 Å². The van der Waals surface area contributed by atoms with Crippen LogP contribution in [0.15, 0.2) is 112 Å². The minimum atomic E-state index is -4.01. The van der Waals surface area contributed by atoms with Crippen LogP contribution in [0.2, 0.25) is 0 Å². The summed E-state index contributed by atoms with van der Waals surface area (Å²) in [6, 6.07) is 21.6. The van der Waals surface area contributed by atoms with E-state index in [1.165, 1.54) is 29.2 Å². The number of hydrogen-bond donors (Lipinski definition) is 3. The third kappa shape index (κ3) is 13.2. The van der Waals surface area contributed by atoms with Gasteiger partial charge >= 0.3 is 6.09 Å². The molecule has 0 aliphatic carbocycles. The van der Waals surface area contributed by atoms with Crippen LogP contribution in [-0.4, -0.2) is 105 Å². The van der Waals surface area contributed by atoms with Crippen molar-refractivity contribution in [3.05, 3.63) is 163 Å². The molecule has 0 bridgehead atoms. The van der Waals surface area contributed by atoms with E-state index >= 15 is 8.78 Å². The second-order valence-electron chi connectivity index (χ2n) is 19.6. The number of nitrogens with zero attached hydrogens (tertiary/aromatic N) is 7. The van der Waals surface area contributed by atoms with Gasteiger partial charge in [0, 0.05) is 84.6 Å². The lowest BCUT2D eigenvalue weighted by Gasteiger charge is -2.24. The molecule has 0 saturated heterocycles. The van der Waals surface area contributed by atoms with E-state index in [-0.39, 0.29) is 53.2 Å². The number of benzene rings is 4. The highest BCUT2D eigenvalue weighted by Crippen LogP contribution is 2.34. The number of carbonyl (C=O) groups excluding carboxylic acids is 3. The van der Waals surface area contributed by atoms with Gasteiger partial charge < -0.3 is 25.6 Å². The Labute approximate surface area is 457 Å². The molecule has 3 amide bonds. The molecule has 4 aromatic heterocycles. The van der Waals surface area contributed by atoms with Crippen molar-refractivity contribution in [2.45, 2.75) is 72.1 Å². The zero-order valence-corrected chi connectivity index (χ0v) is 46.1. The van der Waals surface area contributed by atoms with E-state index in [4.69, 9.17) is 9.72 Å². The van der Waals surface area contributed by atoms with E-state index in [9.17, 15) is 41.2 Å². The fourth-order valence-electron chi connectivity index (χ4n) is 8.19. The number of likely N-dealkylation sites (N-methyl/N-ethyl adjacent to an activating group) is 1. The van der Waals surface area contributed by atoms with Crippen molar-refractivity contribution in [2.24, 2.45) is 0 Å². The van der Waals surface area contributed by atoms with Gasteiger partial charge in [-0.3, -0.25) is 28.3 Å². The zero-order chi connectivity index (χ0) is 58.4. The number of aryl methyl sites for hydroxylation is 2. The number of fused-ring (bicyclic) bond motifs is 2. The first-order valence-corrected chi connectivity index (χ1v) is 27.1. The van der Waals surface area contributed by atoms with Crippen molar-refractivity contribution in [3.63, 3.8) is 0 Å². The third-order valence-electron chi connectivity index (χ3n) is 12.2. The SMILES string of the molecule is CCCNC(=O)c1ccc(C)c(-c2nc(NCCN(C)C(=O)OC(C)(C)C)nc3c2ccc(=O)n3-c2c(F)cccc2F)c1.CCCNC(=O)c1ccc(C)c(-c2nc(S(C)(=O)=O)nc3c2ccc(=O)n3-c2c(F)cccc2F)c1. The number of nitrogens with one attached hydrogen (secondary N) is 3. The van der Waals surface area contributed by atoms with Crippen LogP contribution < -0.4 is 27.1 Å². The number of carbonyl (C=O) groups is 3. The summed E-state index contributed by atoms with van der Waals surface area (Å²) < 4.78 is 91.3. The van der Waals surface area contributed by atoms with Crippen LogP contribution in [0.4, 0.5) is 28.3 Å². The molecular weight excluding hydrogens is 1060 g/mol. The first-order valence-electron chi connectivity index (χ1n) is 25.3. The summed E-state index contributed by atoms with van der Waals surface area (Å²) in [5, 5.41) is 8.54. The molecule has 18 nitrogen and oxygen atoms in total. The zero-order valence-electron chi connectivity index (χ0n) is 45.3. The number of aromatic nitrogens is 6. The van der Waals surface area contributed by atoms with E-state index in [0.717, 1.165) is 65.6 Å². The summed E-state index contributed by atoms with van der Waals surface area (Å²) in [4.78, 5) is 82.6. The van der Waals surface area contributed by atoms with Crippen molar-refractivity contribution >= 4 is 55.8 Å². The normalized spacial score (nSPS) is 11.5. The first kappa shape index (κ1) is 58.8. The monoisotopic (exact) mass is 1120 g/mol. The largest absolute Gasteiger partial charge is 0.444 e. The summed E-state index contributed by atoms with van der Waals surface area (Å²) >= 11 is 0. The lowest BCUT2D eigenvalue weighted by molar-refractivity contribution is 0.0305. The number of rotatable bonds is 15. The van der Waals surface area contributed by atoms with Gasteiger partial charge in [-0.2, -0.15) is 9.97 Å². The molecule has 0 atom stereocenters. The van der Waals surface area contributed by atoms with Gasteiger partial charge in [0.25, 0.3) is 22.9 Å². The van der Waals surface area contributed by atoms with E-state index in [1.807, 2.05) is 20.8 Å². The molecule has 8 rings (SSSR count). The fraction of sp³-hybridized carbons (Fsp3) is 0.281. The molecule has 4 aromatic carbocycles. The molecule has 0 saturated carbocycles. The average Bonchev–Trinajstić information content (AvgIpc) is 3.61. The highest BCUT2D eigenvalue weighted by molar-refractivity contribution is 7.90. The number of hydrogen-bond acceptors (Lipinski definition) is 13. The molecule has 80 heavy (non-hydrogen) atoms. The maximum atomic E-state index is 15.0. The van der Waals surface area contributed by atoms with Crippen LogP contribution in [0.5, 0.6) is 0 Å². The van der Waals surface area contributed by atoms with E-state index in [1.54, 1.807) is 71.1 Å². The number of halogens is 4. The predicted molar refractivity (Wildman–Crippen MR) is 296 cm³/mol. The van der Waals surface area contributed by atoms with Crippen LogP contribution >= 0.6 is 0 Å². The van der Waals surface area contributed by atoms with Crippen molar-refractivity contribution < 1.29 is 45.1 Å². The van der Waals surface area contributed by atoms with E-state index in [2.05, 4.69) is 30.9 Å². The van der Waals surface area contributed by atoms with E-state index < -0.39 is 72.5 Å². The summed E-state index contributed by atoms with van der Waals surface area (Å²) in [5.41, 5.74) is -0.282. The van der Waals surface area contributed by atoms with Gasteiger partial charge in [0.2, 0.25) is 20.9 Å². The predicted octanol–water partition coefficient (Wildman–Crippen LogP) is 9.03. The van der Waals surface area contributed by atoms with Gasteiger partial charge in [-0.25, -0.2) is 40.7 Å². The van der Waals surface area contributed by atoms with Gasteiger partial charge in [0.05, 0.1) is 11.4 Å². The molecule has 0 radical (unpaired) electrons. The summed E-state index contributed by atoms with van der Waals surface area (Å²) in [6.07, 6.45) is 1.87. The Kier molecular flexibility index (Phi) is 18.0. The first-order chi connectivity index (χ1) is 37.8. The second-order valence-corrected chi connectivity index (χ2v) is 21.5. The molecule has 23 heteroatoms. The molecular formula is C57H58F4N10O8S.